The third-order valence-corrected chi connectivity index (χ3v) is 6.96. The summed E-state index contributed by atoms with van der Waals surface area (Å²) in [5, 5.41) is 5.27. The van der Waals surface area contributed by atoms with E-state index in [2.05, 4.69) is 15.6 Å². The monoisotopic (exact) mass is 430 g/mol. The number of anilines is 1. The maximum atomic E-state index is 12.6. The van der Waals surface area contributed by atoms with Crippen LogP contribution in [0.15, 0.2) is 47.6 Å². The molecule has 0 bridgehead atoms. The van der Waals surface area contributed by atoms with Crippen molar-refractivity contribution >= 4 is 27.5 Å². The number of nitrogens with zero attached hydrogens (tertiary/aromatic N) is 2. The number of carbonyl (C=O) groups is 2. The molecule has 160 valence electrons. The molecule has 9 heteroatoms. The van der Waals surface area contributed by atoms with E-state index in [0.717, 1.165) is 11.1 Å². The van der Waals surface area contributed by atoms with Gasteiger partial charge < -0.3 is 10.6 Å². The predicted octanol–water partition coefficient (Wildman–Crippen LogP) is 1.85. The van der Waals surface area contributed by atoms with Crippen molar-refractivity contribution in [2.45, 2.75) is 31.6 Å². The normalized spacial score (nSPS) is 15.5. The van der Waals surface area contributed by atoms with Gasteiger partial charge >= 0.3 is 11.8 Å². The molecular formula is C21H26N4O4S. The van der Waals surface area contributed by atoms with Crippen LogP contribution in [-0.2, 0) is 19.6 Å². The minimum Gasteiger partial charge on any atom is -0.348 e. The molecule has 1 fully saturated rings. The van der Waals surface area contributed by atoms with Crippen molar-refractivity contribution in [3.8, 4) is 0 Å². The first-order valence-electron chi connectivity index (χ1n) is 9.83. The Morgan fingerprint density at radius 3 is 2.37 bits per heavy atom. The lowest BCUT2D eigenvalue weighted by Crippen LogP contribution is -2.43. The van der Waals surface area contributed by atoms with Crippen LogP contribution in [-0.4, -0.2) is 49.2 Å². The molecule has 8 nitrogen and oxygen atoms in total. The van der Waals surface area contributed by atoms with Crippen LogP contribution in [0.1, 0.15) is 24.0 Å². The van der Waals surface area contributed by atoms with E-state index in [1.165, 1.54) is 22.8 Å². The number of nitrogens with one attached hydrogen (secondary N) is 2. The van der Waals surface area contributed by atoms with E-state index < -0.39 is 21.8 Å². The summed E-state index contributed by atoms with van der Waals surface area (Å²) in [6, 6.07) is 8.71. The lowest BCUT2D eigenvalue weighted by atomic mass is 9.98. The topological polar surface area (TPSA) is 108 Å². The zero-order chi connectivity index (χ0) is 21.7. The lowest BCUT2D eigenvalue weighted by molar-refractivity contribution is -0.136. The first-order chi connectivity index (χ1) is 14.3. The molecule has 1 aromatic heterocycles. The molecule has 0 spiro atoms. The third-order valence-electron chi connectivity index (χ3n) is 5.08. The highest BCUT2D eigenvalue weighted by atomic mass is 32.2. The second-order valence-corrected chi connectivity index (χ2v) is 9.51. The second-order valence-electron chi connectivity index (χ2n) is 7.58. The zero-order valence-corrected chi connectivity index (χ0v) is 17.9. The van der Waals surface area contributed by atoms with Gasteiger partial charge in [-0.15, -0.1) is 0 Å². The summed E-state index contributed by atoms with van der Waals surface area (Å²) in [6.07, 6.45) is 4.09. The molecule has 2 aromatic rings. The third kappa shape index (κ3) is 5.43. The molecule has 1 saturated heterocycles. The Labute approximate surface area is 176 Å². The van der Waals surface area contributed by atoms with Gasteiger partial charge in [0, 0.05) is 37.7 Å². The highest BCUT2D eigenvalue weighted by molar-refractivity contribution is 7.89. The molecule has 0 saturated carbocycles. The Morgan fingerprint density at radius 1 is 1.10 bits per heavy atom. The molecule has 3 rings (SSSR count). The van der Waals surface area contributed by atoms with Gasteiger partial charge in [-0.05, 0) is 68.0 Å². The van der Waals surface area contributed by atoms with Crippen molar-refractivity contribution in [2.24, 2.45) is 5.92 Å². The van der Waals surface area contributed by atoms with Gasteiger partial charge in [0.05, 0.1) is 0 Å². The van der Waals surface area contributed by atoms with Gasteiger partial charge in [-0.3, -0.25) is 14.6 Å². The predicted molar refractivity (Wildman–Crippen MR) is 113 cm³/mol. The quantitative estimate of drug-likeness (QED) is 0.704. The molecule has 2 amide bonds. The number of amides is 2. The Bertz CT molecular complexity index is 996. The van der Waals surface area contributed by atoms with Gasteiger partial charge in [0.15, 0.2) is 0 Å². The van der Waals surface area contributed by atoms with Gasteiger partial charge in [-0.2, -0.15) is 4.31 Å². The van der Waals surface area contributed by atoms with Gasteiger partial charge in [-0.1, -0.05) is 6.07 Å². The number of rotatable bonds is 5. The average Bonchev–Trinajstić information content (AvgIpc) is 2.72. The number of carbonyl (C=O) groups excluding carboxylic acids is 2. The Kier molecular flexibility index (Phi) is 6.84. The number of benzene rings is 1. The number of pyridine rings is 1. The Balaban J connectivity index is 1.47. The summed E-state index contributed by atoms with van der Waals surface area (Å²) in [7, 11) is -3.55. The smallest absolute Gasteiger partial charge is 0.313 e. The maximum absolute atomic E-state index is 12.6. The minimum absolute atomic E-state index is 0.114. The van der Waals surface area contributed by atoms with E-state index in [0.29, 0.717) is 38.2 Å². The van der Waals surface area contributed by atoms with Crippen molar-refractivity contribution in [2.75, 3.05) is 25.0 Å². The summed E-state index contributed by atoms with van der Waals surface area (Å²) in [4.78, 5) is 28.3. The fourth-order valence-corrected chi connectivity index (χ4v) is 4.99. The fraction of sp³-hybridized carbons (Fsp3) is 0.381. The fourth-order valence-electron chi connectivity index (χ4n) is 3.55. The summed E-state index contributed by atoms with van der Waals surface area (Å²) >= 11 is 0. The molecule has 1 aliphatic rings. The SMILES string of the molecule is Cc1cc(C)cc(NC(=O)C(=O)NCC2CCN(S(=O)(=O)c3cccnc3)CC2)c1. The van der Waals surface area contributed by atoms with Crippen molar-refractivity contribution in [1.29, 1.82) is 0 Å². The number of aryl methyl sites for hydroxylation is 2. The molecule has 1 aromatic carbocycles. The van der Waals surface area contributed by atoms with E-state index in [9.17, 15) is 18.0 Å². The van der Waals surface area contributed by atoms with Crippen LogP contribution in [0.2, 0.25) is 0 Å². The highest BCUT2D eigenvalue weighted by Gasteiger charge is 2.29. The molecule has 30 heavy (non-hydrogen) atoms. The maximum Gasteiger partial charge on any atom is 0.313 e. The van der Waals surface area contributed by atoms with Crippen LogP contribution < -0.4 is 10.6 Å². The highest BCUT2D eigenvalue weighted by Crippen LogP contribution is 2.23. The molecule has 0 aliphatic carbocycles. The van der Waals surface area contributed by atoms with Crippen molar-refractivity contribution in [3.05, 3.63) is 53.9 Å². The van der Waals surface area contributed by atoms with Gasteiger partial charge in [-0.25, -0.2) is 8.42 Å². The van der Waals surface area contributed by atoms with Crippen LogP contribution in [0, 0.1) is 19.8 Å². The number of sulfonamides is 1. The zero-order valence-electron chi connectivity index (χ0n) is 17.1. The van der Waals surface area contributed by atoms with E-state index in [-0.39, 0.29) is 10.8 Å². The van der Waals surface area contributed by atoms with Crippen molar-refractivity contribution < 1.29 is 18.0 Å². The Morgan fingerprint density at radius 2 is 1.77 bits per heavy atom. The number of aromatic nitrogens is 1. The van der Waals surface area contributed by atoms with Crippen LogP contribution in [0.4, 0.5) is 5.69 Å². The van der Waals surface area contributed by atoms with Crippen molar-refractivity contribution in [3.63, 3.8) is 0 Å². The van der Waals surface area contributed by atoms with Gasteiger partial charge in [0.2, 0.25) is 10.0 Å². The standard InChI is InChI=1S/C21H26N4O4S/c1-15-10-16(2)12-18(11-15)24-21(27)20(26)23-13-17-5-8-25(9-6-17)30(28,29)19-4-3-7-22-14-19/h3-4,7,10-12,14,17H,5-6,8-9,13H2,1-2H3,(H,23,26)(H,24,27). The minimum atomic E-state index is -3.55. The molecule has 0 radical (unpaired) electrons. The second kappa shape index (κ2) is 9.36. The number of hydrogen-bond donors (Lipinski definition) is 2. The van der Waals surface area contributed by atoms with Crippen LogP contribution in [0.5, 0.6) is 0 Å². The molecule has 0 unspecified atom stereocenters. The first kappa shape index (κ1) is 21.9. The number of hydrogen-bond acceptors (Lipinski definition) is 5. The lowest BCUT2D eigenvalue weighted by Gasteiger charge is -2.31. The Hall–Kier alpha value is -2.78. The van der Waals surface area contributed by atoms with E-state index >= 15 is 0 Å². The van der Waals surface area contributed by atoms with Crippen molar-refractivity contribution in [1.82, 2.24) is 14.6 Å². The first-order valence-corrected chi connectivity index (χ1v) is 11.3. The van der Waals surface area contributed by atoms with Crippen LogP contribution in [0.3, 0.4) is 0 Å². The molecule has 1 aliphatic heterocycles. The number of piperidine rings is 1. The summed E-state index contributed by atoms with van der Waals surface area (Å²) < 4.78 is 26.7. The van der Waals surface area contributed by atoms with Gasteiger partial charge in [0.1, 0.15) is 4.90 Å². The van der Waals surface area contributed by atoms with Crippen LogP contribution >= 0.6 is 0 Å². The summed E-state index contributed by atoms with van der Waals surface area (Å²) in [5.41, 5.74) is 2.58. The van der Waals surface area contributed by atoms with Crippen LogP contribution in [0.25, 0.3) is 0 Å². The summed E-state index contributed by atoms with van der Waals surface area (Å²) in [5.74, 6) is -1.29. The van der Waals surface area contributed by atoms with E-state index in [1.807, 2.05) is 19.9 Å². The average molecular weight is 431 g/mol. The van der Waals surface area contributed by atoms with E-state index in [1.54, 1.807) is 18.2 Å². The summed E-state index contributed by atoms with van der Waals surface area (Å²) in [6.45, 7) is 4.91. The van der Waals surface area contributed by atoms with E-state index in [4.69, 9.17) is 0 Å². The molecule has 2 N–H and O–H groups in total. The molecule has 2 heterocycles. The molecule has 0 atom stereocenters. The van der Waals surface area contributed by atoms with Gasteiger partial charge in [0.25, 0.3) is 0 Å². The largest absolute Gasteiger partial charge is 0.348 e. The molecular weight excluding hydrogens is 404 g/mol.